The number of ketones is 1. The topological polar surface area (TPSA) is 81.7 Å². The minimum Gasteiger partial charge on any atom is -0.458 e. The third-order valence-electron chi connectivity index (χ3n) is 5.27. The minimum absolute atomic E-state index is 0.0179. The summed E-state index contributed by atoms with van der Waals surface area (Å²) in [6.45, 7) is 10.9. The molecule has 1 aromatic rings. The average molecular weight is 409 g/mol. The first-order valence-electron chi connectivity index (χ1n) is 9.93. The molecule has 0 spiro atoms. The second-order valence-electron chi connectivity index (χ2n) is 8.48. The maximum absolute atomic E-state index is 13.2. The van der Waals surface area contributed by atoms with Crippen molar-refractivity contribution in [2.45, 2.75) is 46.5 Å². The van der Waals surface area contributed by atoms with Crippen LogP contribution < -0.4 is 10.1 Å². The second-order valence-corrected chi connectivity index (χ2v) is 8.48. The molecule has 0 fully saturated rings. The van der Waals surface area contributed by atoms with Crippen LogP contribution in [0.3, 0.4) is 0 Å². The largest absolute Gasteiger partial charge is 0.458 e. The van der Waals surface area contributed by atoms with Gasteiger partial charge in [-0.15, -0.1) is 0 Å². The van der Waals surface area contributed by atoms with Crippen LogP contribution in [0.25, 0.3) is 0 Å². The van der Waals surface area contributed by atoms with Gasteiger partial charge in [0.25, 0.3) is 0 Å². The van der Waals surface area contributed by atoms with E-state index in [4.69, 9.17) is 9.47 Å². The quantitative estimate of drug-likeness (QED) is 0.451. The summed E-state index contributed by atoms with van der Waals surface area (Å²) in [5, 5.41) is 3.29. The Morgan fingerprint density at radius 3 is 2.50 bits per heavy atom. The van der Waals surface area contributed by atoms with Crippen LogP contribution in [0.15, 0.2) is 59.5 Å². The van der Waals surface area contributed by atoms with E-state index < -0.39 is 17.9 Å². The molecular weight excluding hydrogens is 382 g/mol. The van der Waals surface area contributed by atoms with Crippen LogP contribution in [0.4, 0.5) is 0 Å². The molecule has 1 N–H and O–H groups in total. The fourth-order valence-corrected chi connectivity index (χ4v) is 4.15. The Morgan fingerprint density at radius 1 is 1.23 bits per heavy atom. The van der Waals surface area contributed by atoms with E-state index in [2.05, 4.69) is 25.7 Å². The SMILES string of the molecule is C=CCOC(=O)C1=C(C)NC2=C(C(=O)CC(C)(C)C2)[C@H]1c1ccc(OC(C)=O)cc1. The molecule has 6 heteroatoms. The highest BCUT2D eigenvalue weighted by Crippen LogP contribution is 2.46. The van der Waals surface area contributed by atoms with Crippen LogP contribution in [0.1, 0.15) is 52.0 Å². The van der Waals surface area contributed by atoms with Gasteiger partial charge in [0.1, 0.15) is 12.4 Å². The van der Waals surface area contributed by atoms with Crippen LogP contribution in [-0.4, -0.2) is 24.3 Å². The summed E-state index contributed by atoms with van der Waals surface area (Å²) in [5.41, 5.74) is 3.13. The lowest BCUT2D eigenvalue weighted by molar-refractivity contribution is -0.138. The molecule has 2 aliphatic rings. The highest BCUT2D eigenvalue weighted by Gasteiger charge is 2.43. The molecule has 158 valence electrons. The highest BCUT2D eigenvalue weighted by molar-refractivity contribution is 6.04. The monoisotopic (exact) mass is 409 g/mol. The van der Waals surface area contributed by atoms with Crippen molar-refractivity contribution in [2.75, 3.05) is 6.61 Å². The Balaban J connectivity index is 2.10. The molecule has 1 aliphatic heterocycles. The van der Waals surface area contributed by atoms with Gasteiger partial charge >= 0.3 is 11.9 Å². The minimum atomic E-state index is -0.548. The van der Waals surface area contributed by atoms with Crippen LogP contribution >= 0.6 is 0 Å². The zero-order valence-electron chi connectivity index (χ0n) is 17.8. The second kappa shape index (κ2) is 8.30. The lowest BCUT2D eigenvalue weighted by Crippen LogP contribution is -2.38. The van der Waals surface area contributed by atoms with Crippen molar-refractivity contribution < 1.29 is 23.9 Å². The van der Waals surface area contributed by atoms with Gasteiger partial charge < -0.3 is 14.8 Å². The summed E-state index contributed by atoms with van der Waals surface area (Å²) < 4.78 is 10.4. The molecule has 0 radical (unpaired) electrons. The summed E-state index contributed by atoms with van der Waals surface area (Å²) in [5.74, 6) is -1.03. The lowest BCUT2D eigenvalue weighted by atomic mass is 9.68. The molecule has 0 bridgehead atoms. The number of hydrogen-bond acceptors (Lipinski definition) is 6. The molecule has 6 nitrogen and oxygen atoms in total. The predicted molar refractivity (Wildman–Crippen MR) is 113 cm³/mol. The van der Waals surface area contributed by atoms with Crippen molar-refractivity contribution in [1.82, 2.24) is 5.32 Å². The number of benzene rings is 1. The summed E-state index contributed by atoms with van der Waals surface area (Å²) in [6.07, 6.45) is 2.62. The first kappa shape index (κ1) is 21.6. The zero-order valence-corrected chi connectivity index (χ0v) is 17.8. The van der Waals surface area contributed by atoms with Crippen molar-refractivity contribution in [3.05, 3.63) is 65.0 Å². The van der Waals surface area contributed by atoms with Gasteiger partial charge in [-0.3, -0.25) is 9.59 Å². The fourth-order valence-electron chi connectivity index (χ4n) is 4.15. The van der Waals surface area contributed by atoms with E-state index in [1.54, 1.807) is 24.3 Å². The number of nitrogens with one attached hydrogen (secondary N) is 1. The van der Waals surface area contributed by atoms with E-state index in [-0.39, 0.29) is 17.8 Å². The zero-order chi connectivity index (χ0) is 22.1. The van der Waals surface area contributed by atoms with Gasteiger partial charge in [0.15, 0.2) is 5.78 Å². The number of allylic oxidation sites excluding steroid dienone is 3. The van der Waals surface area contributed by atoms with E-state index in [1.165, 1.54) is 13.0 Å². The number of rotatable bonds is 5. The average Bonchev–Trinajstić information content (AvgIpc) is 2.64. The predicted octanol–water partition coefficient (Wildman–Crippen LogP) is 3.95. The molecule has 1 atom stereocenters. The number of ether oxygens (including phenoxy) is 2. The number of hydrogen-bond donors (Lipinski definition) is 1. The standard InChI is InChI=1S/C24H27NO5/c1-6-11-29-23(28)20-14(2)25-18-12-24(4,5)13-19(27)22(18)21(20)16-7-9-17(10-8-16)30-15(3)26/h6-10,21,25H,1,11-13H2,2-5H3/t21-/m0/s1. The third-order valence-corrected chi connectivity index (χ3v) is 5.27. The van der Waals surface area contributed by atoms with Gasteiger partial charge in [0.05, 0.1) is 5.57 Å². The van der Waals surface area contributed by atoms with Crippen molar-refractivity contribution in [3.8, 4) is 5.75 Å². The van der Waals surface area contributed by atoms with Crippen molar-refractivity contribution in [2.24, 2.45) is 5.41 Å². The number of dihydropyridines is 1. The maximum atomic E-state index is 13.2. The van der Waals surface area contributed by atoms with Gasteiger partial charge in [0, 0.05) is 36.2 Å². The Hall–Kier alpha value is -3.15. The number of Topliss-reactive ketones (excluding diaryl/α,β-unsaturated/α-hetero) is 1. The third kappa shape index (κ3) is 4.37. The maximum Gasteiger partial charge on any atom is 0.337 e. The van der Waals surface area contributed by atoms with Gasteiger partial charge in [-0.2, -0.15) is 0 Å². The van der Waals surface area contributed by atoms with Crippen LogP contribution in [0.2, 0.25) is 0 Å². The van der Waals surface area contributed by atoms with Gasteiger partial charge in [0.2, 0.25) is 0 Å². The van der Waals surface area contributed by atoms with E-state index in [9.17, 15) is 14.4 Å². The van der Waals surface area contributed by atoms with Crippen molar-refractivity contribution in [3.63, 3.8) is 0 Å². The smallest absolute Gasteiger partial charge is 0.337 e. The first-order chi connectivity index (χ1) is 14.1. The first-order valence-corrected chi connectivity index (χ1v) is 9.93. The lowest BCUT2D eigenvalue weighted by Gasteiger charge is -2.39. The highest BCUT2D eigenvalue weighted by atomic mass is 16.5. The molecular formula is C24H27NO5. The molecule has 1 aliphatic carbocycles. The van der Waals surface area contributed by atoms with E-state index in [1.807, 2.05) is 6.92 Å². The molecule has 0 saturated carbocycles. The molecule has 30 heavy (non-hydrogen) atoms. The van der Waals surface area contributed by atoms with Crippen molar-refractivity contribution >= 4 is 17.7 Å². The number of carbonyl (C=O) groups is 3. The summed E-state index contributed by atoms with van der Waals surface area (Å²) in [4.78, 5) is 37.3. The number of carbonyl (C=O) groups excluding carboxylic acids is 3. The normalized spacial score (nSPS) is 20.3. The molecule has 1 heterocycles. The van der Waals surface area contributed by atoms with Gasteiger partial charge in [-0.25, -0.2) is 4.79 Å². The Kier molecular flexibility index (Phi) is 5.97. The Morgan fingerprint density at radius 2 is 1.90 bits per heavy atom. The van der Waals surface area contributed by atoms with Crippen molar-refractivity contribution in [1.29, 1.82) is 0 Å². The molecule has 1 aromatic carbocycles. The number of esters is 2. The van der Waals surface area contributed by atoms with Crippen LogP contribution in [-0.2, 0) is 19.1 Å². The van der Waals surface area contributed by atoms with Gasteiger partial charge in [-0.05, 0) is 36.5 Å². The summed E-state index contributed by atoms with van der Waals surface area (Å²) >= 11 is 0. The van der Waals surface area contributed by atoms with E-state index in [0.29, 0.717) is 35.4 Å². The summed E-state index contributed by atoms with van der Waals surface area (Å²) in [6, 6.07) is 6.89. The Bertz CT molecular complexity index is 966. The molecule has 0 aromatic heterocycles. The van der Waals surface area contributed by atoms with Crippen LogP contribution in [0.5, 0.6) is 5.75 Å². The summed E-state index contributed by atoms with van der Waals surface area (Å²) in [7, 11) is 0. The van der Waals surface area contributed by atoms with Gasteiger partial charge in [-0.1, -0.05) is 38.6 Å². The van der Waals surface area contributed by atoms with E-state index >= 15 is 0 Å². The van der Waals surface area contributed by atoms with Crippen LogP contribution in [0, 0.1) is 5.41 Å². The molecule has 3 rings (SSSR count). The molecule has 0 unspecified atom stereocenters. The van der Waals surface area contributed by atoms with E-state index in [0.717, 1.165) is 11.3 Å². The Labute approximate surface area is 176 Å². The molecule has 0 amide bonds. The molecule has 0 saturated heterocycles. The fraction of sp³-hybridized carbons (Fsp3) is 0.375.